The first-order valence-corrected chi connectivity index (χ1v) is 8.58. The van der Waals surface area contributed by atoms with Crippen molar-refractivity contribution in [2.24, 2.45) is 5.92 Å². The van der Waals surface area contributed by atoms with Gasteiger partial charge in [-0.2, -0.15) is 0 Å². The molecule has 1 aliphatic carbocycles. The van der Waals surface area contributed by atoms with E-state index in [4.69, 9.17) is 9.47 Å². The van der Waals surface area contributed by atoms with Gasteiger partial charge in [-0.25, -0.2) is 0 Å². The molecule has 4 nitrogen and oxygen atoms in total. The molecule has 0 amide bonds. The van der Waals surface area contributed by atoms with Crippen LogP contribution >= 0.6 is 11.8 Å². The second-order valence-electron chi connectivity index (χ2n) is 5.79. The summed E-state index contributed by atoms with van der Waals surface area (Å²) < 4.78 is 11.4. The van der Waals surface area contributed by atoms with Crippen LogP contribution in [0.15, 0.2) is 23.1 Å². The number of aliphatic hydroxyl groups is 1. The predicted octanol–water partition coefficient (Wildman–Crippen LogP) is 2.30. The second-order valence-corrected chi connectivity index (χ2v) is 6.83. The second kappa shape index (κ2) is 6.46. The van der Waals surface area contributed by atoms with Crippen LogP contribution in [0.3, 0.4) is 0 Å². The highest BCUT2D eigenvalue weighted by atomic mass is 32.2. The van der Waals surface area contributed by atoms with E-state index in [0.717, 1.165) is 28.6 Å². The van der Waals surface area contributed by atoms with E-state index in [2.05, 4.69) is 17.4 Å². The molecule has 5 heteroatoms. The normalized spacial score (nSPS) is 20.7. The molecule has 0 bridgehead atoms. The molecule has 1 aromatic rings. The minimum absolute atomic E-state index is 0.158. The number of nitrogens with one attached hydrogen (secondary N) is 1. The van der Waals surface area contributed by atoms with Crippen LogP contribution in [0.2, 0.25) is 0 Å². The maximum Gasteiger partial charge on any atom is 0.162 e. The van der Waals surface area contributed by atoms with Gasteiger partial charge in [-0.15, -0.1) is 11.8 Å². The third kappa shape index (κ3) is 3.30. The number of fused-ring (bicyclic) bond motifs is 1. The molecular formula is C16H23NO3S. The third-order valence-corrected chi connectivity index (χ3v) is 5.60. The van der Waals surface area contributed by atoms with Crippen LogP contribution in [0.4, 0.5) is 0 Å². The number of thioether (sulfide) groups is 1. The zero-order valence-electron chi connectivity index (χ0n) is 12.4. The van der Waals surface area contributed by atoms with Crippen molar-refractivity contribution >= 4 is 11.8 Å². The Morgan fingerprint density at radius 1 is 1.29 bits per heavy atom. The molecule has 1 saturated carbocycles. The van der Waals surface area contributed by atoms with Crippen molar-refractivity contribution in [2.45, 2.75) is 29.7 Å². The van der Waals surface area contributed by atoms with Crippen molar-refractivity contribution in [3.63, 3.8) is 0 Å². The SMILES string of the molecule is CNC(CO)(CSc1ccc2c(c1)OCCCO2)C1CC1. The summed E-state index contributed by atoms with van der Waals surface area (Å²) in [5.41, 5.74) is -0.158. The van der Waals surface area contributed by atoms with Crippen LogP contribution in [-0.2, 0) is 0 Å². The highest BCUT2D eigenvalue weighted by Gasteiger charge is 2.43. The van der Waals surface area contributed by atoms with Gasteiger partial charge >= 0.3 is 0 Å². The quantitative estimate of drug-likeness (QED) is 0.790. The van der Waals surface area contributed by atoms with E-state index >= 15 is 0 Å². The molecule has 0 saturated heterocycles. The smallest absolute Gasteiger partial charge is 0.162 e. The topological polar surface area (TPSA) is 50.7 Å². The summed E-state index contributed by atoms with van der Waals surface area (Å²) in [5.74, 6) is 3.13. The third-order valence-electron chi connectivity index (χ3n) is 4.35. The molecule has 116 valence electrons. The van der Waals surface area contributed by atoms with E-state index in [1.807, 2.05) is 13.1 Å². The van der Waals surface area contributed by atoms with E-state index < -0.39 is 0 Å². The summed E-state index contributed by atoms with van der Waals surface area (Å²) in [4.78, 5) is 1.16. The van der Waals surface area contributed by atoms with Gasteiger partial charge in [0.25, 0.3) is 0 Å². The zero-order chi connectivity index (χ0) is 14.7. The number of hydrogen-bond donors (Lipinski definition) is 2. The van der Waals surface area contributed by atoms with Crippen molar-refractivity contribution in [3.05, 3.63) is 18.2 Å². The fourth-order valence-corrected chi connectivity index (χ4v) is 3.98. The van der Waals surface area contributed by atoms with Gasteiger partial charge in [-0.3, -0.25) is 0 Å². The monoisotopic (exact) mass is 309 g/mol. The standard InChI is InChI=1S/C16H23NO3S/c1-17-16(10-18,12-3-4-12)11-21-13-5-6-14-15(9-13)20-8-2-7-19-14/h5-6,9,12,17-18H,2-4,7-8,10-11H2,1H3. The molecule has 1 fully saturated rings. The molecule has 2 N–H and O–H groups in total. The molecule has 1 atom stereocenters. The lowest BCUT2D eigenvalue weighted by Crippen LogP contribution is -2.51. The maximum absolute atomic E-state index is 9.77. The van der Waals surface area contributed by atoms with Crippen molar-refractivity contribution in [1.82, 2.24) is 5.32 Å². The summed E-state index contributed by atoms with van der Waals surface area (Å²) in [7, 11) is 1.95. The van der Waals surface area contributed by atoms with Crippen LogP contribution in [0.1, 0.15) is 19.3 Å². The lowest BCUT2D eigenvalue weighted by Gasteiger charge is -2.31. The predicted molar refractivity (Wildman–Crippen MR) is 84.4 cm³/mol. The van der Waals surface area contributed by atoms with Gasteiger partial charge in [0.1, 0.15) is 0 Å². The molecule has 21 heavy (non-hydrogen) atoms. The summed E-state index contributed by atoms with van der Waals surface area (Å²) in [5, 5.41) is 13.1. The largest absolute Gasteiger partial charge is 0.490 e. The van der Waals surface area contributed by atoms with Crippen molar-refractivity contribution in [2.75, 3.05) is 32.6 Å². The lowest BCUT2D eigenvalue weighted by molar-refractivity contribution is 0.167. The summed E-state index contributed by atoms with van der Waals surface area (Å²) >= 11 is 1.77. The van der Waals surface area contributed by atoms with Gasteiger partial charge in [0.05, 0.1) is 25.4 Å². The molecule has 1 aliphatic heterocycles. The van der Waals surface area contributed by atoms with Gasteiger partial charge in [0.2, 0.25) is 0 Å². The zero-order valence-corrected chi connectivity index (χ0v) is 13.2. The van der Waals surface area contributed by atoms with Crippen molar-refractivity contribution in [1.29, 1.82) is 0 Å². The van der Waals surface area contributed by atoms with Gasteiger partial charge in [-0.05, 0) is 44.0 Å². The molecule has 0 radical (unpaired) electrons. The van der Waals surface area contributed by atoms with Gasteiger partial charge < -0.3 is 19.9 Å². The Balaban J connectivity index is 1.68. The van der Waals surface area contributed by atoms with Gasteiger partial charge in [0.15, 0.2) is 11.5 Å². The Bertz CT molecular complexity index is 486. The Kier molecular flexibility index (Phi) is 4.62. The molecular weight excluding hydrogens is 286 g/mol. The average Bonchev–Trinajstić information content (AvgIpc) is 3.35. The van der Waals surface area contributed by atoms with Crippen LogP contribution < -0.4 is 14.8 Å². The number of benzene rings is 1. The fourth-order valence-electron chi connectivity index (χ4n) is 2.73. The number of ether oxygens (including phenoxy) is 2. The lowest BCUT2D eigenvalue weighted by atomic mass is 9.97. The highest BCUT2D eigenvalue weighted by Crippen LogP contribution is 2.43. The van der Waals surface area contributed by atoms with E-state index in [-0.39, 0.29) is 12.1 Å². The van der Waals surface area contributed by atoms with E-state index in [1.165, 1.54) is 12.8 Å². The molecule has 3 rings (SSSR count). The Morgan fingerprint density at radius 2 is 2.05 bits per heavy atom. The van der Waals surface area contributed by atoms with Crippen LogP contribution in [0, 0.1) is 5.92 Å². The molecule has 0 aromatic heterocycles. The first-order valence-electron chi connectivity index (χ1n) is 7.59. The molecule has 1 unspecified atom stereocenters. The van der Waals surface area contributed by atoms with Crippen LogP contribution in [0.5, 0.6) is 11.5 Å². The summed E-state index contributed by atoms with van der Waals surface area (Å²) in [6.07, 6.45) is 3.35. The molecule has 1 heterocycles. The number of hydrogen-bond acceptors (Lipinski definition) is 5. The van der Waals surface area contributed by atoms with Crippen LogP contribution in [-0.4, -0.2) is 43.3 Å². The van der Waals surface area contributed by atoms with Gasteiger partial charge in [0, 0.05) is 17.1 Å². The van der Waals surface area contributed by atoms with E-state index in [9.17, 15) is 5.11 Å². The summed E-state index contributed by atoms with van der Waals surface area (Å²) in [6, 6.07) is 6.11. The minimum atomic E-state index is -0.158. The Morgan fingerprint density at radius 3 is 2.71 bits per heavy atom. The number of rotatable bonds is 6. The Hall–Kier alpha value is -0.910. The molecule has 1 aromatic carbocycles. The first-order chi connectivity index (χ1) is 10.3. The van der Waals surface area contributed by atoms with Gasteiger partial charge in [-0.1, -0.05) is 0 Å². The molecule has 0 spiro atoms. The van der Waals surface area contributed by atoms with Crippen LogP contribution in [0.25, 0.3) is 0 Å². The van der Waals surface area contributed by atoms with Crippen molar-refractivity contribution < 1.29 is 14.6 Å². The number of likely N-dealkylation sites (N-methyl/N-ethyl adjacent to an activating group) is 1. The van der Waals surface area contributed by atoms with E-state index in [0.29, 0.717) is 19.1 Å². The fraction of sp³-hybridized carbons (Fsp3) is 0.625. The average molecular weight is 309 g/mol. The molecule has 2 aliphatic rings. The minimum Gasteiger partial charge on any atom is -0.490 e. The van der Waals surface area contributed by atoms with Crippen molar-refractivity contribution in [3.8, 4) is 11.5 Å². The number of aliphatic hydroxyl groups excluding tert-OH is 1. The Labute approximate surface area is 130 Å². The first kappa shape index (κ1) is 15.0. The van der Waals surface area contributed by atoms with E-state index in [1.54, 1.807) is 11.8 Å². The summed E-state index contributed by atoms with van der Waals surface area (Å²) in [6.45, 7) is 1.61. The maximum atomic E-state index is 9.77. The highest BCUT2D eigenvalue weighted by molar-refractivity contribution is 7.99.